The van der Waals surface area contributed by atoms with Gasteiger partial charge in [-0.2, -0.15) is 4.31 Å². The van der Waals surface area contributed by atoms with Crippen LogP contribution in [0, 0.1) is 12.8 Å². The minimum absolute atomic E-state index is 0.0686. The molecule has 10 heteroatoms. The molecule has 2 atom stereocenters. The van der Waals surface area contributed by atoms with Crippen LogP contribution in [0.3, 0.4) is 0 Å². The van der Waals surface area contributed by atoms with Crippen LogP contribution in [0.1, 0.15) is 49.8 Å². The van der Waals surface area contributed by atoms with Crippen molar-refractivity contribution in [2.45, 2.75) is 70.0 Å². The standard InChI is InChI=1S/C33H43N3O6S/c1-24(2)22-36(43(40,41)29-18-12-25(3)13-19-29)31(33(38)39)11-7-8-20-35-32(37)30(34)21-26-14-16-28(17-15-26)42-23-27-9-5-4-6-10-27/h4-6,9-10,12-19,24,30-31H,7-8,11,20-23,34H2,1-3H3,(H,35,37)(H,38,39)/t30-,31-/m0/s1. The van der Waals surface area contributed by atoms with Crippen LogP contribution in [-0.4, -0.2) is 54.9 Å². The Labute approximate surface area is 255 Å². The maximum atomic E-state index is 13.4. The molecule has 0 bridgehead atoms. The Morgan fingerprint density at radius 3 is 2.19 bits per heavy atom. The number of aliphatic carboxylic acids is 1. The highest BCUT2D eigenvalue weighted by molar-refractivity contribution is 7.89. The molecule has 232 valence electrons. The Hall–Kier alpha value is -3.73. The molecule has 1 amide bonds. The Balaban J connectivity index is 1.47. The van der Waals surface area contributed by atoms with Crippen LogP contribution in [0.5, 0.6) is 5.75 Å². The zero-order valence-corrected chi connectivity index (χ0v) is 25.9. The van der Waals surface area contributed by atoms with Crippen molar-refractivity contribution in [2.24, 2.45) is 11.7 Å². The number of sulfonamides is 1. The summed E-state index contributed by atoms with van der Waals surface area (Å²) in [5.41, 5.74) is 9.01. The Kier molecular flexibility index (Phi) is 12.7. The van der Waals surface area contributed by atoms with Crippen LogP contribution in [0.15, 0.2) is 83.8 Å². The molecule has 0 aliphatic rings. The van der Waals surface area contributed by atoms with E-state index in [9.17, 15) is 23.1 Å². The lowest BCUT2D eigenvalue weighted by atomic mass is 10.1. The molecule has 0 heterocycles. The van der Waals surface area contributed by atoms with E-state index in [1.807, 2.05) is 75.4 Å². The van der Waals surface area contributed by atoms with Crippen LogP contribution < -0.4 is 15.8 Å². The maximum absolute atomic E-state index is 13.4. The molecule has 0 saturated carbocycles. The van der Waals surface area contributed by atoms with Gasteiger partial charge in [0.1, 0.15) is 18.4 Å². The molecule has 0 unspecified atom stereocenters. The van der Waals surface area contributed by atoms with Crippen molar-refractivity contribution in [3.05, 3.63) is 95.6 Å². The molecule has 0 aliphatic heterocycles. The first-order chi connectivity index (χ1) is 20.5. The monoisotopic (exact) mass is 609 g/mol. The third-order valence-corrected chi connectivity index (χ3v) is 8.86. The molecule has 3 rings (SSSR count). The van der Waals surface area contributed by atoms with E-state index in [0.29, 0.717) is 32.4 Å². The Morgan fingerprint density at radius 1 is 0.930 bits per heavy atom. The predicted octanol–water partition coefficient (Wildman–Crippen LogP) is 4.53. The number of unbranched alkanes of at least 4 members (excludes halogenated alkanes) is 1. The third kappa shape index (κ3) is 10.5. The van der Waals surface area contributed by atoms with E-state index in [4.69, 9.17) is 10.5 Å². The average Bonchev–Trinajstić information content (AvgIpc) is 2.98. The van der Waals surface area contributed by atoms with Crippen molar-refractivity contribution in [2.75, 3.05) is 13.1 Å². The fourth-order valence-corrected chi connectivity index (χ4v) is 6.38. The molecule has 43 heavy (non-hydrogen) atoms. The first-order valence-electron chi connectivity index (χ1n) is 14.6. The van der Waals surface area contributed by atoms with Gasteiger partial charge in [-0.05, 0) is 73.9 Å². The quantitative estimate of drug-likeness (QED) is 0.191. The summed E-state index contributed by atoms with van der Waals surface area (Å²) < 4.78 is 33.7. The van der Waals surface area contributed by atoms with E-state index >= 15 is 0 Å². The number of carbonyl (C=O) groups excluding carboxylic acids is 1. The number of amides is 1. The number of carboxylic acid groups (broad SMARTS) is 1. The van der Waals surface area contributed by atoms with Gasteiger partial charge in [-0.15, -0.1) is 0 Å². The number of nitrogens with zero attached hydrogens (tertiary/aromatic N) is 1. The number of benzene rings is 3. The van der Waals surface area contributed by atoms with E-state index < -0.39 is 28.1 Å². The summed E-state index contributed by atoms with van der Waals surface area (Å²) in [5, 5.41) is 12.8. The van der Waals surface area contributed by atoms with Gasteiger partial charge in [0.25, 0.3) is 0 Å². The molecule has 9 nitrogen and oxygen atoms in total. The zero-order chi connectivity index (χ0) is 31.4. The SMILES string of the molecule is Cc1ccc(S(=O)(=O)N(CC(C)C)[C@@H](CCCCNC(=O)[C@@H](N)Cc2ccc(OCc3ccccc3)cc2)C(=O)O)cc1. The van der Waals surface area contributed by atoms with Crippen LogP contribution >= 0.6 is 0 Å². The molecule has 0 aliphatic carbocycles. The molecular formula is C33H43N3O6S. The van der Waals surface area contributed by atoms with E-state index in [0.717, 1.165) is 26.7 Å². The van der Waals surface area contributed by atoms with Crippen molar-refractivity contribution in [1.29, 1.82) is 0 Å². The summed E-state index contributed by atoms with van der Waals surface area (Å²) in [4.78, 5) is 24.9. The third-order valence-electron chi connectivity index (χ3n) is 6.97. The summed E-state index contributed by atoms with van der Waals surface area (Å²) in [6, 6.07) is 21.8. The second kappa shape index (κ2) is 16.2. The van der Waals surface area contributed by atoms with E-state index in [1.54, 1.807) is 12.1 Å². The summed E-state index contributed by atoms with van der Waals surface area (Å²) in [6.45, 7) is 6.41. The lowest BCUT2D eigenvalue weighted by molar-refractivity contribution is -0.142. The maximum Gasteiger partial charge on any atom is 0.322 e. The first-order valence-corrected chi connectivity index (χ1v) is 16.0. The lowest BCUT2D eigenvalue weighted by Gasteiger charge is -2.29. The topological polar surface area (TPSA) is 139 Å². The molecule has 0 fully saturated rings. The number of aryl methyl sites for hydroxylation is 1. The van der Waals surface area contributed by atoms with Crippen LogP contribution in [0.25, 0.3) is 0 Å². The van der Waals surface area contributed by atoms with Crippen LogP contribution in [0.2, 0.25) is 0 Å². The van der Waals surface area contributed by atoms with E-state index in [1.165, 1.54) is 12.1 Å². The van der Waals surface area contributed by atoms with Crippen molar-refractivity contribution in [3.8, 4) is 5.75 Å². The smallest absolute Gasteiger partial charge is 0.322 e. The molecule has 0 spiro atoms. The van der Waals surface area contributed by atoms with Gasteiger partial charge in [0.2, 0.25) is 15.9 Å². The summed E-state index contributed by atoms with van der Waals surface area (Å²) >= 11 is 0. The number of nitrogens with one attached hydrogen (secondary N) is 1. The fourth-order valence-electron chi connectivity index (χ4n) is 4.60. The summed E-state index contributed by atoms with van der Waals surface area (Å²) in [6.07, 6.45) is 1.37. The molecule has 3 aromatic carbocycles. The van der Waals surface area contributed by atoms with Gasteiger partial charge in [-0.25, -0.2) is 8.42 Å². The molecule has 0 aromatic heterocycles. The molecule has 3 aromatic rings. The highest BCUT2D eigenvalue weighted by Crippen LogP contribution is 2.23. The average molecular weight is 610 g/mol. The molecule has 4 N–H and O–H groups in total. The number of hydrogen-bond acceptors (Lipinski definition) is 6. The second-order valence-electron chi connectivity index (χ2n) is 11.2. The summed E-state index contributed by atoms with van der Waals surface area (Å²) in [5.74, 6) is -0.841. The first kappa shape index (κ1) is 33.8. The fraction of sp³-hybridized carbons (Fsp3) is 0.394. The Bertz CT molecular complexity index is 1410. The number of rotatable bonds is 17. The lowest BCUT2D eigenvalue weighted by Crippen LogP contribution is -2.46. The number of hydrogen-bond donors (Lipinski definition) is 3. The van der Waals surface area contributed by atoms with Gasteiger partial charge in [-0.3, -0.25) is 9.59 Å². The van der Waals surface area contributed by atoms with Crippen molar-refractivity contribution in [1.82, 2.24) is 9.62 Å². The predicted molar refractivity (Wildman–Crippen MR) is 167 cm³/mol. The van der Waals surface area contributed by atoms with Gasteiger partial charge in [0.05, 0.1) is 10.9 Å². The minimum atomic E-state index is -4.01. The van der Waals surface area contributed by atoms with E-state index in [-0.39, 0.29) is 29.7 Å². The van der Waals surface area contributed by atoms with Crippen LogP contribution in [0.4, 0.5) is 0 Å². The number of ether oxygens (including phenoxy) is 1. The number of carbonyl (C=O) groups is 2. The number of nitrogens with two attached hydrogens (primary N) is 1. The molecular weight excluding hydrogens is 566 g/mol. The van der Waals surface area contributed by atoms with Gasteiger partial charge in [0.15, 0.2) is 0 Å². The van der Waals surface area contributed by atoms with Crippen molar-refractivity contribution < 1.29 is 27.9 Å². The highest BCUT2D eigenvalue weighted by Gasteiger charge is 2.36. The molecule has 0 radical (unpaired) electrons. The van der Waals surface area contributed by atoms with Gasteiger partial charge in [-0.1, -0.05) is 74.0 Å². The van der Waals surface area contributed by atoms with Crippen LogP contribution in [-0.2, 0) is 32.6 Å². The summed E-state index contributed by atoms with van der Waals surface area (Å²) in [7, 11) is -4.01. The van der Waals surface area contributed by atoms with Crippen molar-refractivity contribution in [3.63, 3.8) is 0 Å². The zero-order valence-electron chi connectivity index (χ0n) is 25.1. The van der Waals surface area contributed by atoms with Crippen molar-refractivity contribution >= 4 is 21.9 Å². The molecule has 0 saturated heterocycles. The van der Waals surface area contributed by atoms with E-state index in [2.05, 4.69) is 5.32 Å². The highest BCUT2D eigenvalue weighted by atomic mass is 32.2. The number of carboxylic acids is 1. The van der Waals surface area contributed by atoms with Gasteiger partial charge < -0.3 is 20.9 Å². The second-order valence-corrected chi connectivity index (χ2v) is 13.0. The normalized spacial score (nSPS) is 13.1. The van der Waals surface area contributed by atoms with Gasteiger partial charge in [0, 0.05) is 13.1 Å². The minimum Gasteiger partial charge on any atom is -0.489 e. The van der Waals surface area contributed by atoms with Gasteiger partial charge >= 0.3 is 5.97 Å². The largest absolute Gasteiger partial charge is 0.489 e. The Morgan fingerprint density at radius 2 is 1.58 bits per heavy atom.